The molecule has 7 heteroatoms. The van der Waals surface area contributed by atoms with Gasteiger partial charge in [-0.1, -0.05) is 0 Å². The van der Waals surface area contributed by atoms with E-state index in [9.17, 15) is 9.90 Å². The molecule has 134 valence electrons. The highest BCUT2D eigenvalue weighted by Gasteiger charge is 2.43. The monoisotopic (exact) mass is 336 g/mol. The number of aromatic nitrogens is 2. The Morgan fingerprint density at radius 3 is 2.96 bits per heavy atom. The number of rotatable bonds is 5. The second kappa shape index (κ2) is 7.21. The van der Waals surface area contributed by atoms with Crippen LogP contribution in [0.2, 0.25) is 0 Å². The molecule has 3 rings (SSSR count). The summed E-state index contributed by atoms with van der Waals surface area (Å²) >= 11 is 0. The minimum absolute atomic E-state index is 0.153. The topological polar surface area (TPSA) is 70.8 Å². The molecule has 0 aromatic carbocycles. The molecule has 1 aromatic rings. The molecule has 2 aliphatic rings. The summed E-state index contributed by atoms with van der Waals surface area (Å²) in [6, 6.07) is 2.09. The van der Waals surface area contributed by atoms with Crippen LogP contribution in [0.4, 0.5) is 0 Å². The zero-order chi connectivity index (χ0) is 17.2. The smallest absolute Gasteiger partial charge is 0.255 e. The van der Waals surface area contributed by atoms with E-state index in [0.717, 1.165) is 43.9 Å². The maximum atomic E-state index is 12.7. The Kier molecular flexibility index (Phi) is 5.22. The van der Waals surface area contributed by atoms with Gasteiger partial charge in [-0.3, -0.25) is 14.4 Å². The summed E-state index contributed by atoms with van der Waals surface area (Å²) in [5.74, 6) is -0.153. The molecule has 0 radical (unpaired) electrons. The maximum absolute atomic E-state index is 12.7. The second-order valence-corrected chi connectivity index (χ2v) is 6.98. The number of piperidine rings is 1. The van der Waals surface area contributed by atoms with E-state index in [2.05, 4.69) is 16.1 Å². The Morgan fingerprint density at radius 2 is 2.17 bits per heavy atom. The first-order chi connectivity index (χ1) is 11.5. The number of carbonyl (C=O) groups excluding carboxylic acids is 1. The lowest BCUT2D eigenvalue weighted by Crippen LogP contribution is -2.59. The SMILES string of the molecule is COCCN1CCCC(O)(CN2CCCn3nc(C)cc3C2)C1=O. The van der Waals surface area contributed by atoms with Gasteiger partial charge in [0, 0.05) is 46.4 Å². The van der Waals surface area contributed by atoms with E-state index in [1.807, 2.05) is 11.6 Å². The molecular formula is C17H28N4O3. The number of hydrogen-bond acceptors (Lipinski definition) is 5. The predicted octanol–water partition coefficient (Wildman–Crippen LogP) is 0.397. The Hall–Kier alpha value is -1.44. The first-order valence-corrected chi connectivity index (χ1v) is 8.78. The van der Waals surface area contributed by atoms with Crippen molar-refractivity contribution in [1.29, 1.82) is 0 Å². The predicted molar refractivity (Wildman–Crippen MR) is 89.5 cm³/mol. The fraction of sp³-hybridized carbons (Fsp3) is 0.765. The number of nitrogens with zero attached hydrogens (tertiary/aromatic N) is 4. The van der Waals surface area contributed by atoms with Crippen LogP contribution in [-0.4, -0.2) is 76.1 Å². The lowest BCUT2D eigenvalue weighted by Gasteiger charge is -2.40. The number of ether oxygens (including phenoxy) is 1. The van der Waals surface area contributed by atoms with E-state index in [1.54, 1.807) is 12.0 Å². The van der Waals surface area contributed by atoms with Gasteiger partial charge in [0.25, 0.3) is 5.91 Å². The van der Waals surface area contributed by atoms with Gasteiger partial charge < -0.3 is 14.7 Å². The van der Waals surface area contributed by atoms with Crippen molar-refractivity contribution in [3.63, 3.8) is 0 Å². The normalized spacial score (nSPS) is 25.6. The van der Waals surface area contributed by atoms with E-state index in [-0.39, 0.29) is 5.91 Å². The molecule has 0 bridgehead atoms. The van der Waals surface area contributed by atoms with E-state index in [1.165, 1.54) is 0 Å². The summed E-state index contributed by atoms with van der Waals surface area (Å²) in [7, 11) is 1.63. The first kappa shape index (κ1) is 17.4. The average molecular weight is 336 g/mol. The largest absolute Gasteiger partial charge is 0.383 e. The molecule has 1 atom stereocenters. The molecule has 0 aliphatic carbocycles. The summed E-state index contributed by atoms with van der Waals surface area (Å²) in [5.41, 5.74) is 0.897. The molecule has 1 saturated heterocycles. The molecule has 24 heavy (non-hydrogen) atoms. The third-order valence-electron chi connectivity index (χ3n) is 4.97. The number of carbonyl (C=O) groups is 1. The zero-order valence-electron chi connectivity index (χ0n) is 14.7. The lowest BCUT2D eigenvalue weighted by molar-refractivity contribution is -0.160. The molecule has 1 fully saturated rings. The number of hydrogen-bond donors (Lipinski definition) is 1. The van der Waals surface area contributed by atoms with Crippen LogP contribution < -0.4 is 0 Å². The Morgan fingerprint density at radius 1 is 1.33 bits per heavy atom. The summed E-state index contributed by atoms with van der Waals surface area (Å²) in [6.45, 7) is 6.64. The standard InChI is InChI=1S/C17H28N4O3/c1-14-11-15-12-19(6-4-8-21(15)18-14)13-17(23)5-3-7-20(16(17)22)9-10-24-2/h11,23H,3-10,12-13H2,1-2H3. The van der Waals surface area contributed by atoms with Crippen LogP contribution in [-0.2, 0) is 22.6 Å². The van der Waals surface area contributed by atoms with Crippen molar-refractivity contribution in [2.75, 3.05) is 39.9 Å². The van der Waals surface area contributed by atoms with Crippen LogP contribution in [0, 0.1) is 6.92 Å². The molecule has 0 saturated carbocycles. The summed E-state index contributed by atoms with van der Waals surface area (Å²) < 4.78 is 7.12. The number of fused-ring (bicyclic) bond motifs is 1. The summed E-state index contributed by atoms with van der Waals surface area (Å²) in [6.07, 6.45) is 2.34. The fourth-order valence-electron chi connectivity index (χ4n) is 3.80. The number of amides is 1. The van der Waals surface area contributed by atoms with Crippen LogP contribution in [0.1, 0.15) is 30.7 Å². The van der Waals surface area contributed by atoms with Crippen molar-refractivity contribution in [3.8, 4) is 0 Å². The van der Waals surface area contributed by atoms with Gasteiger partial charge in [0.1, 0.15) is 0 Å². The summed E-state index contributed by atoms with van der Waals surface area (Å²) in [4.78, 5) is 16.7. The lowest BCUT2D eigenvalue weighted by atomic mass is 9.91. The minimum Gasteiger partial charge on any atom is -0.383 e. The molecule has 1 aromatic heterocycles. The molecule has 0 spiro atoms. The Bertz CT molecular complexity index is 588. The molecule has 1 amide bonds. The van der Waals surface area contributed by atoms with Gasteiger partial charge >= 0.3 is 0 Å². The van der Waals surface area contributed by atoms with Gasteiger partial charge in [-0.25, -0.2) is 0 Å². The van der Waals surface area contributed by atoms with Gasteiger partial charge in [-0.05, 0) is 32.3 Å². The molecular weight excluding hydrogens is 308 g/mol. The molecule has 2 aliphatic heterocycles. The Labute approximate surface area is 143 Å². The van der Waals surface area contributed by atoms with E-state index < -0.39 is 5.60 Å². The number of aliphatic hydroxyl groups is 1. The number of likely N-dealkylation sites (tertiary alicyclic amines) is 1. The van der Waals surface area contributed by atoms with E-state index in [0.29, 0.717) is 32.7 Å². The molecule has 1 unspecified atom stereocenters. The van der Waals surface area contributed by atoms with E-state index >= 15 is 0 Å². The van der Waals surface area contributed by atoms with Crippen LogP contribution in [0.25, 0.3) is 0 Å². The third-order valence-corrected chi connectivity index (χ3v) is 4.97. The van der Waals surface area contributed by atoms with Crippen LogP contribution in [0.15, 0.2) is 6.07 Å². The molecule has 7 nitrogen and oxygen atoms in total. The number of β-amino-alcohol motifs (C(OH)–C–C–N with tert-alkyl or cyclic N) is 1. The van der Waals surface area contributed by atoms with Gasteiger partial charge in [0.05, 0.1) is 18.0 Å². The third kappa shape index (κ3) is 3.63. The van der Waals surface area contributed by atoms with Crippen LogP contribution >= 0.6 is 0 Å². The van der Waals surface area contributed by atoms with Crippen molar-refractivity contribution >= 4 is 5.91 Å². The summed E-state index contributed by atoms with van der Waals surface area (Å²) in [5, 5.41) is 15.5. The molecule has 1 N–H and O–H groups in total. The van der Waals surface area contributed by atoms with Crippen molar-refractivity contribution in [2.45, 2.75) is 44.9 Å². The highest BCUT2D eigenvalue weighted by molar-refractivity contribution is 5.86. The van der Waals surface area contributed by atoms with Crippen molar-refractivity contribution in [1.82, 2.24) is 19.6 Å². The minimum atomic E-state index is -1.28. The van der Waals surface area contributed by atoms with Gasteiger partial charge in [0.2, 0.25) is 0 Å². The second-order valence-electron chi connectivity index (χ2n) is 6.98. The van der Waals surface area contributed by atoms with Gasteiger partial charge in [-0.2, -0.15) is 5.10 Å². The maximum Gasteiger partial charge on any atom is 0.255 e. The zero-order valence-corrected chi connectivity index (χ0v) is 14.7. The first-order valence-electron chi connectivity index (χ1n) is 8.78. The number of aryl methyl sites for hydroxylation is 2. The van der Waals surface area contributed by atoms with Crippen molar-refractivity contribution in [3.05, 3.63) is 17.5 Å². The van der Waals surface area contributed by atoms with E-state index in [4.69, 9.17) is 4.74 Å². The van der Waals surface area contributed by atoms with Crippen molar-refractivity contribution in [2.24, 2.45) is 0 Å². The van der Waals surface area contributed by atoms with Crippen molar-refractivity contribution < 1.29 is 14.6 Å². The molecule has 3 heterocycles. The average Bonchev–Trinajstić information content (AvgIpc) is 2.78. The Balaban J connectivity index is 1.68. The highest BCUT2D eigenvalue weighted by atomic mass is 16.5. The quantitative estimate of drug-likeness (QED) is 0.843. The van der Waals surface area contributed by atoms with Crippen LogP contribution in [0.5, 0.6) is 0 Å². The van der Waals surface area contributed by atoms with Gasteiger partial charge in [-0.15, -0.1) is 0 Å². The fourth-order valence-corrected chi connectivity index (χ4v) is 3.80. The van der Waals surface area contributed by atoms with Crippen LogP contribution in [0.3, 0.4) is 0 Å². The van der Waals surface area contributed by atoms with Gasteiger partial charge in [0.15, 0.2) is 5.60 Å². The highest BCUT2D eigenvalue weighted by Crippen LogP contribution is 2.25. The number of methoxy groups -OCH3 is 1.